The molecule has 1 aliphatic rings. The maximum Gasteiger partial charge on any atom is 0.335 e. The number of hydrogen-bond acceptors (Lipinski definition) is 4. The van der Waals surface area contributed by atoms with Crippen molar-refractivity contribution in [3.8, 4) is 5.75 Å². The summed E-state index contributed by atoms with van der Waals surface area (Å²) in [6.07, 6.45) is 3.09. The van der Waals surface area contributed by atoms with Gasteiger partial charge < -0.3 is 14.7 Å². The maximum absolute atomic E-state index is 11.3. The molecule has 0 fully saturated rings. The van der Waals surface area contributed by atoms with E-state index in [-0.39, 0.29) is 18.0 Å². The largest absolute Gasteiger partial charge is 0.488 e. The van der Waals surface area contributed by atoms with Gasteiger partial charge in [-0.1, -0.05) is 6.08 Å². The molecule has 1 aliphatic heterocycles. The zero-order valence-electron chi connectivity index (χ0n) is 13.6. The Kier molecular flexibility index (Phi) is 6.04. The second-order valence-electron chi connectivity index (χ2n) is 5.79. The number of fused-ring (bicyclic) bond motifs is 2. The Bertz CT molecular complexity index is 767. The Morgan fingerprint density at radius 3 is 2.88 bits per heavy atom. The lowest BCUT2D eigenvalue weighted by Gasteiger charge is -2.12. The van der Waals surface area contributed by atoms with E-state index in [1.807, 2.05) is 14.1 Å². The number of ether oxygens (including phenoxy) is 1. The molecule has 0 atom stereocenters. The van der Waals surface area contributed by atoms with Crippen molar-refractivity contribution in [3.05, 3.63) is 57.3 Å². The van der Waals surface area contributed by atoms with Crippen LogP contribution in [0.5, 0.6) is 5.75 Å². The van der Waals surface area contributed by atoms with Crippen molar-refractivity contribution in [2.24, 2.45) is 0 Å². The monoisotopic (exact) mass is 365 g/mol. The van der Waals surface area contributed by atoms with E-state index >= 15 is 0 Å². The zero-order chi connectivity index (χ0) is 16.4. The molecule has 0 unspecified atom stereocenters. The van der Waals surface area contributed by atoms with E-state index in [4.69, 9.17) is 4.74 Å². The SMILES string of the molecule is CN(C)CC/C=C1/c2cc(C(=O)O)ccc2OCc2ccsc21.Cl. The highest BCUT2D eigenvalue weighted by atomic mass is 35.5. The second-order valence-corrected chi connectivity index (χ2v) is 6.71. The number of benzene rings is 1. The third-order valence-corrected chi connectivity index (χ3v) is 4.81. The maximum atomic E-state index is 11.3. The van der Waals surface area contributed by atoms with Gasteiger partial charge in [-0.05, 0) is 55.7 Å². The van der Waals surface area contributed by atoms with Gasteiger partial charge in [0.15, 0.2) is 0 Å². The molecule has 1 aromatic carbocycles. The Morgan fingerprint density at radius 1 is 1.38 bits per heavy atom. The number of carboxylic acid groups (broad SMARTS) is 1. The van der Waals surface area contributed by atoms with Gasteiger partial charge in [0.25, 0.3) is 0 Å². The van der Waals surface area contributed by atoms with Gasteiger partial charge in [-0.3, -0.25) is 0 Å². The molecular formula is C18H20ClNO3S. The van der Waals surface area contributed by atoms with Gasteiger partial charge in [0, 0.05) is 22.5 Å². The van der Waals surface area contributed by atoms with Gasteiger partial charge in [-0.2, -0.15) is 0 Å². The molecule has 3 rings (SSSR count). The minimum absolute atomic E-state index is 0. The number of carboxylic acids is 1. The van der Waals surface area contributed by atoms with Crippen molar-refractivity contribution in [1.29, 1.82) is 0 Å². The minimum Gasteiger partial charge on any atom is -0.488 e. The molecular weight excluding hydrogens is 346 g/mol. The van der Waals surface area contributed by atoms with Crippen LogP contribution >= 0.6 is 23.7 Å². The van der Waals surface area contributed by atoms with E-state index in [0.717, 1.165) is 35.4 Å². The first kappa shape index (κ1) is 18.5. The van der Waals surface area contributed by atoms with Crippen molar-refractivity contribution >= 4 is 35.3 Å². The first-order valence-electron chi connectivity index (χ1n) is 7.48. The van der Waals surface area contributed by atoms with Crippen LogP contribution in [0.15, 0.2) is 35.7 Å². The Balaban J connectivity index is 0.00000208. The number of hydrogen-bond donors (Lipinski definition) is 1. The number of thiophene rings is 1. The van der Waals surface area contributed by atoms with Gasteiger partial charge in [-0.25, -0.2) is 4.79 Å². The van der Waals surface area contributed by atoms with Crippen LogP contribution in [0.25, 0.3) is 5.57 Å². The number of rotatable bonds is 4. The molecule has 24 heavy (non-hydrogen) atoms. The summed E-state index contributed by atoms with van der Waals surface area (Å²) >= 11 is 1.67. The number of aromatic carboxylic acids is 1. The van der Waals surface area contributed by atoms with Crippen LogP contribution in [0.2, 0.25) is 0 Å². The molecule has 0 bridgehead atoms. The van der Waals surface area contributed by atoms with Crippen molar-refractivity contribution in [2.75, 3.05) is 20.6 Å². The van der Waals surface area contributed by atoms with Crippen LogP contribution in [0.3, 0.4) is 0 Å². The fourth-order valence-electron chi connectivity index (χ4n) is 2.63. The molecule has 6 heteroatoms. The van der Waals surface area contributed by atoms with Gasteiger partial charge >= 0.3 is 5.97 Å². The average Bonchev–Trinajstić information content (AvgIpc) is 2.92. The lowest BCUT2D eigenvalue weighted by Crippen LogP contribution is -2.12. The summed E-state index contributed by atoms with van der Waals surface area (Å²) in [5.41, 5.74) is 3.38. The standard InChI is InChI=1S/C18H19NO3S.ClH/c1-19(2)8-3-4-14-15-10-12(18(20)21)5-6-16(15)22-11-13-7-9-23-17(13)14;/h4-7,9-10H,3,8,11H2,1-2H3,(H,20,21);1H/b14-4-;. The molecule has 0 spiro atoms. The highest BCUT2D eigenvalue weighted by molar-refractivity contribution is 7.11. The third-order valence-electron chi connectivity index (χ3n) is 3.82. The summed E-state index contributed by atoms with van der Waals surface area (Å²) in [6.45, 7) is 1.46. The molecule has 0 saturated carbocycles. The fraction of sp³-hybridized carbons (Fsp3) is 0.278. The summed E-state index contributed by atoms with van der Waals surface area (Å²) in [5.74, 6) is -0.175. The molecule has 0 saturated heterocycles. The van der Waals surface area contributed by atoms with Crippen molar-refractivity contribution in [1.82, 2.24) is 4.90 Å². The summed E-state index contributed by atoms with van der Waals surface area (Å²) in [4.78, 5) is 14.6. The number of halogens is 1. The fourth-order valence-corrected chi connectivity index (χ4v) is 3.60. The number of carbonyl (C=O) groups is 1. The summed E-state index contributed by atoms with van der Waals surface area (Å²) in [7, 11) is 4.09. The predicted octanol–water partition coefficient (Wildman–Crippen LogP) is 4.14. The third kappa shape index (κ3) is 3.80. The van der Waals surface area contributed by atoms with Crippen LogP contribution in [-0.4, -0.2) is 36.6 Å². The average molecular weight is 366 g/mol. The van der Waals surface area contributed by atoms with Crippen LogP contribution in [0.4, 0.5) is 0 Å². The quantitative estimate of drug-likeness (QED) is 0.884. The summed E-state index contributed by atoms with van der Waals surface area (Å²) in [6, 6.07) is 7.14. The van der Waals surface area contributed by atoms with E-state index in [2.05, 4.69) is 22.4 Å². The molecule has 1 aromatic heterocycles. The number of nitrogens with zero attached hydrogens (tertiary/aromatic N) is 1. The van der Waals surface area contributed by atoms with Gasteiger partial charge in [0.1, 0.15) is 12.4 Å². The van der Waals surface area contributed by atoms with E-state index in [1.54, 1.807) is 29.5 Å². The van der Waals surface area contributed by atoms with Crippen LogP contribution < -0.4 is 4.74 Å². The van der Waals surface area contributed by atoms with Crippen molar-refractivity contribution < 1.29 is 14.6 Å². The van der Waals surface area contributed by atoms with E-state index in [9.17, 15) is 9.90 Å². The highest BCUT2D eigenvalue weighted by Crippen LogP contribution is 2.40. The van der Waals surface area contributed by atoms with Gasteiger partial charge in [0.05, 0.1) is 5.56 Å². The van der Waals surface area contributed by atoms with Gasteiger partial charge in [0.2, 0.25) is 0 Å². The van der Waals surface area contributed by atoms with Crippen LogP contribution in [0.1, 0.15) is 32.8 Å². The molecule has 0 aliphatic carbocycles. The molecule has 128 valence electrons. The normalized spacial score (nSPS) is 14.4. The summed E-state index contributed by atoms with van der Waals surface area (Å²) < 4.78 is 5.89. The topological polar surface area (TPSA) is 49.8 Å². The Hall–Kier alpha value is -1.82. The lowest BCUT2D eigenvalue weighted by molar-refractivity contribution is 0.0697. The second kappa shape index (κ2) is 7.83. The van der Waals surface area contributed by atoms with E-state index < -0.39 is 5.97 Å². The molecule has 2 aromatic rings. The van der Waals surface area contributed by atoms with Crippen LogP contribution in [-0.2, 0) is 6.61 Å². The van der Waals surface area contributed by atoms with E-state index in [1.165, 1.54) is 4.88 Å². The zero-order valence-corrected chi connectivity index (χ0v) is 15.2. The molecule has 2 heterocycles. The summed E-state index contributed by atoms with van der Waals surface area (Å²) in [5, 5.41) is 11.3. The molecule has 1 N–H and O–H groups in total. The minimum atomic E-state index is -0.920. The molecule has 4 nitrogen and oxygen atoms in total. The predicted molar refractivity (Wildman–Crippen MR) is 99.6 cm³/mol. The van der Waals surface area contributed by atoms with E-state index in [0.29, 0.717) is 6.61 Å². The molecule has 0 amide bonds. The first-order chi connectivity index (χ1) is 11.1. The van der Waals surface area contributed by atoms with Crippen molar-refractivity contribution in [3.63, 3.8) is 0 Å². The molecule has 0 radical (unpaired) electrons. The van der Waals surface area contributed by atoms with Crippen LogP contribution in [0, 0.1) is 0 Å². The lowest BCUT2D eigenvalue weighted by atomic mass is 9.98. The smallest absolute Gasteiger partial charge is 0.335 e. The Morgan fingerprint density at radius 2 is 2.17 bits per heavy atom. The highest BCUT2D eigenvalue weighted by Gasteiger charge is 2.21. The first-order valence-corrected chi connectivity index (χ1v) is 8.36. The Labute approximate surface area is 151 Å². The van der Waals surface area contributed by atoms with Gasteiger partial charge in [-0.15, -0.1) is 23.7 Å². The van der Waals surface area contributed by atoms with Crippen molar-refractivity contribution in [2.45, 2.75) is 13.0 Å².